The molecule has 24 heavy (non-hydrogen) atoms. The summed E-state index contributed by atoms with van der Waals surface area (Å²) in [6, 6.07) is 1.94. The molecule has 0 fully saturated rings. The predicted octanol–water partition coefficient (Wildman–Crippen LogP) is 3.42. The molecule has 0 saturated carbocycles. The lowest BCUT2D eigenvalue weighted by molar-refractivity contribution is 0.0682. The van der Waals surface area contributed by atoms with Crippen molar-refractivity contribution in [2.75, 3.05) is 19.7 Å². The van der Waals surface area contributed by atoms with Gasteiger partial charge in [-0.25, -0.2) is 4.98 Å². The van der Waals surface area contributed by atoms with Gasteiger partial charge >= 0.3 is 0 Å². The summed E-state index contributed by atoms with van der Waals surface area (Å²) in [5.41, 5.74) is 2.63. The van der Waals surface area contributed by atoms with E-state index < -0.39 is 0 Å². The van der Waals surface area contributed by atoms with Crippen LogP contribution in [0.4, 0.5) is 0 Å². The number of nitrogens with zero attached hydrogens (tertiary/aromatic N) is 3. The van der Waals surface area contributed by atoms with Crippen LogP contribution < -0.4 is 0 Å². The Morgan fingerprint density at radius 2 is 2.08 bits per heavy atom. The summed E-state index contributed by atoms with van der Waals surface area (Å²) in [5, 5.41) is 12.0. The summed E-state index contributed by atoms with van der Waals surface area (Å²) >= 11 is 1.56. The van der Waals surface area contributed by atoms with Gasteiger partial charge in [0.25, 0.3) is 5.91 Å². The van der Waals surface area contributed by atoms with Crippen molar-refractivity contribution in [3.05, 3.63) is 34.6 Å². The van der Waals surface area contributed by atoms with E-state index in [0.29, 0.717) is 25.1 Å². The van der Waals surface area contributed by atoms with Gasteiger partial charge in [-0.3, -0.25) is 9.36 Å². The lowest BCUT2D eigenvalue weighted by Crippen LogP contribution is -2.39. The van der Waals surface area contributed by atoms with Gasteiger partial charge < -0.3 is 10.0 Å². The highest BCUT2D eigenvalue weighted by atomic mass is 32.1. The summed E-state index contributed by atoms with van der Waals surface area (Å²) in [6.07, 6.45) is 2.36. The van der Waals surface area contributed by atoms with Crippen molar-refractivity contribution in [1.29, 1.82) is 0 Å². The van der Waals surface area contributed by atoms with E-state index in [1.165, 1.54) is 0 Å². The summed E-state index contributed by atoms with van der Waals surface area (Å²) in [6.45, 7) is 11.6. The molecule has 2 rings (SSSR count). The molecule has 2 aromatic heterocycles. The van der Waals surface area contributed by atoms with Gasteiger partial charge in [-0.2, -0.15) is 0 Å². The van der Waals surface area contributed by atoms with E-state index in [1.54, 1.807) is 17.5 Å². The molecule has 0 aliphatic rings. The molecule has 132 valence electrons. The molecular formula is C18H27N3O2S. The highest BCUT2D eigenvalue weighted by Crippen LogP contribution is 2.25. The maximum atomic E-state index is 13.1. The topological polar surface area (TPSA) is 58.4 Å². The Morgan fingerprint density at radius 1 is 1.38 bits per heavy atom. The van der Waals surface area contributed by atoms with E-state index in [0.717, 1.165) is 16.5 Å². The van der Waals surface area contributed by atoms with Crippen LogP contribution in [0.25, 0.3) is 5.13 Å². The van der Waals surface area contributed by atoms with Gasteiger partial charge in [0.2, 0.25) is 0 Å². The molecule has 2 heterocycles. The minimum atomic E-state index is 0.00589. The van der Waals surface area contributed by atoms with Crippen LogP contribution in [-0.4, -0.2) is 45.2 Å². The number of hydrogen-bond donors (Lipinski definition) is 1. The highest BCUT2D eigenvalue weighted by molar-refractivity contribution is 7.12. The van der Waals surface area contributed by atoms with Crippen molar-refractivity contribution >= 4 is 17.2 Å². The van der Waals surface area contributed by atoms with Crippen LogP contribution in [-0.2, 0) is 0 Å². The largest absolute Gasteiger partial charge is 0.396 e. The van der Waals surface area contributed by atoms with E-state index in [-0.39, 0.29) is 17.9 Å². The monoisotopic (exact) mass is 349 g/mol. The second-order valence-corrected chi connectivity index (χ2v) is 8.17. The first kappa shape index (κ1) is 18.7. The normalized spacial score (nSPS) is 11.8. The fourth-order valence-corrected chi connectivity index (χ4v) is 3.61. The van der Waals surface area contributed by atoms with E-state index >= 15 is 0 Å². The third-order valence-corrected chi connectivity index (χ3v) is 4.57. The zero-order valence-electron chi connectivity index (χ0n) is 15.2. The minimum Gasteiger partial charge on any atom is -0.396 e. The van der Waals surface area contributed by atoms with Crippen molar-refractivity contribution in [1.82, 2.24) is 14.5 Å². The second kappa shape index (κ2) is 7.49. The average Bonchev–Trinajstić information content (AvgIpc) is 3.09. The van der Waals surface area contributed by atoms with E-state index in [1.807, 2.05) is 34.8 Å². The van der Waals surface area contributed by atoms with Gasteiger partial charge in [-0.1, -0.05) is 20.8 Å². The van der Waals surface area contributed by atoms with E-state index in [4.69, 9.17) is 5.11 Å². The number of thiazole rings is 1. The summed E-state index contributed by atoms with van der Waals surface area (Å²) in [7, 11) is 0. The van der Waals surface area contributed by atoms with Crippen LogP contribution in [0.5, 0.6) is 0 Å². The number of hydrogen-bond acceptors (Lipinski definition) is 4. The van der Waals surface area contributed by atoms with Gasteiger partial charge in [0.1, 0.15) is 0 Å². The molecule has 0 spiro atoms. The van der Waals surface area contributed by atoms with Gasteiger partial charge in [-0.05, 0) is 31.7 Å². The fraction of sp³-hybridized carbons (Fsp3) is 0.556. The Bertz CT molecular complexity index is 684. The van der Waals surface area contributed by atoms with Crippen molar-refractivity contribution in [2.45, 2.75) is 41.0 Å². The van der Waals surface area contributed by atoms with Crippen molar-refractivity contribution in [2.24, 2.45) is 5.41 Å². The summed E-state index contributed by atoms with van der Waals surface area (Å²) < 4.78 is 2.03. The maximum Gasteiger partial charge on any atom is 0.255 e. The Hall–Kier alpha value is -1.66. The van der Waals surface area contributed by atoms with Gasteiger partial charge in [0.05, 0.1) is 5.56 Å². The zero-order chi connectivity index (χ0) is 17.9. The number of rotatable bonds is 6. The number of aryl methyl sites for hydroxylation is 1. The molecule has 0 aromatic carbocycles. The van der Waals surface area contributed by atoms with Crippen LogP contribution in [0.2, 0.25) is 0 Å². The molecule has 0 radical (unpaired) electrons. The molecule has 0 atom stereocenters. The van der Waals surface area contributed by atoms with Crippen LogP contribution in [0, 0.1) is 19.3 Å². The average molecular weight is 350 g/mol. The van der Waals surface area contributed by atoms with Gasteiger partial charge in [0, 0.05) is 42.7 Å². The first-order chi connectivity index (χ1) is 11.2. The molecule has 1 N–H and O–H groups in total. The number of aliphatic hydroxyl groups excluding tert-OH is 1. The second-order valence-electron chi connectivity index (χ2n) is 7.30. The smallest absolute Gasteiger partial charge is 0.255 e. The Balaban J connectivity index is 2.34. The minimum absolute atomic E-state index is 0.00589. The number of amides is 1. The van der Waals surface area contributed by atoms with Crippen LogP contribution in [0.3, 0.4) is 0 Å². The molecule has 1 amide bonds. The zero-order valence-corrected chi connectivity index (χ0v) is 16.0. The fourth-order valence-electron chi connectivity index (χ4n) is 2.86. The number of aliphatic hydroxyl groups is 1. The lowest BCUT2D eigenvalue weighted by Gasteiger charge is -2.30. The molecule has 5 nitrogen and oxygen atoms in total. The maximum absolute atomic E-state index is 13.1. The first-order valence-corrected chi connectivity index (χ1v) is 9.11. The highest BCUT2D eigenvalue weighted by Gasteiger charge is 2.25. The Labute approximate surface area is 147 Å². The van der Waals surface area contributed by atoms with Crippen molar-refractivity contribution < 1.29 is 9.90 Å². The quantitative estimate of drug-likeness (QED) is 0.869. The van der Waals surface area contributed by atoms with Crippen LogP contribution in [0.1, 0.15) is 48.9 Å². The molecule has 0 saturated heterocycles. The molecule has 2 aromatic rings. The molecule has 6 heteroatoms. The van der Waals surface area contributed by atoms with Gasteiger partial charge in [0.15, 0.2) is 5.13 Å². The van der Waals surface area contributed by atoms with Crippen molar-refractivity contribution in [3.63, 3.8) is 0 Å². The third-order valence-electron chi connectivity index (χ3n) is 3.81. The third kappa shape index (κ3) is 4.24. The van der Waals surface area contributed by atoms with Gasteiger partial charge in [-0.15, -0.1) is 11.3 Å². The van der Waals surface area contributed by atoms with E-state index in [9.17, 15) is 4.79 Å². The molecule has 0 bridgehead atoms. The predicted molar refractivity (Wildman–Crippen MR) is 98.0 cm³/mol. The lowest BCUT2D eigenvalue weighted by atomic mass is 9.95. The first-order valence-electron chi connectivity index (χ1n) is 8.23. The summed E-state index contributed by atoms with van der Waals surface area (Å²) in [5.74, 6) is 0.0225. The van der Waals surface area contributed by atoms with E-state index in [2.05, 4.69) is 25.8 Å². The standard InChI is InChI=1S/C18H27N3O2S/c1-13-11-15(14(2)21(13)17-19-7-10-24-17)16(23)20(8-6-9-22)12-18(3,4)5/h7,10-11,22H,6,8-9,12H2,1-5H3. The summed E-state index contributed by atoms with van der Waals surface area (Å²) in [4.78, 5) is 19.3. The number of carbonyl (C=O) groups excluding carboxylic acids is 1. The molecule has 0 aliphatic carbocycles. The molecule has 0 unspecified atom stereocenters. The SMILES string of the molecule is Cc1cc(C(=O)N(CCCO)CC(C)(C)C)c(C)n1-c1nccs1. The van der Waals surface area contributed by atoms with Crippen LogP contribution >= 0.6 is 11.3 Å². The number of carbonyl (C=O) groups is 1. The Morgan fingerprint density at radius 3 is 2.62 bits per heavy atom. The van der Waals surface area contributed by atoms with Crippen LogP contribution in [0.15, 0.2) is 17.6 Å². The number of aromatic nitrogens is 2. The molecule has 0 aliphatic heterocycles. The Kier molecular flexibility index (Phi) is 5.83. The van der Waals surface area contributed by atoms with Crippen molar-refractivity contribution in [3.8, 4) is 5.13 Å². The molecular weight excluding hydrogens is 322 g/mol.